The van der Waals surface area contributed by atoms with Gasteiger partial charge in [0.15, 0.2) is 5.82 Å². The van der Waals surface area contributed by atoms with Crippen LogP contribution in [-0.2, 0) is 11.8 Å². The summed E-state index contributed by atoms with van der Waals surface area (Å²) in [6.07, 6.45) is 11.0. The maximum atomic E-state index is 17.7. The van der Waals surface area contributed by atoms with E-state index in [2.05, 4.69) is 20.7 Å². The average Bonchev–Trinajstić information content (AvgIpc) is 3.32. The molecule has 1 aliphatic carbocycles. The second-order valence-corrected chi connectivity index (χ2v) is 15.7. The van der Waals surface area contributed by atoms with Gasteiger partial charge in [-0.3, -0.25) is 9.58 Å². The van der Waals surface area contributed by atoms with Crippen LogP contribution in [0, 0.1) is 29.4 Å². The number of phenolic OH excluding ortho intramolecular Hbond substituents is 1. The molecular weight excluding hydrogens is 702 g/mol. The number of rotatable bonds is 8. The quantitative estimate of drug-likeness (QED) is 0.150. The Kier molecular flexibility index (Phi) is 8.22. The lowest BCUT2D eigenvalue weighted by molar-refractivity contribution is 0.0259. The highest BCUT2D eigenvalue weighted by atomic mass is 19.3. The molecule has 3 saturated heterocycles. The molecule has 0 radical (unpaired) electrons. The van der Waals surface area contributed by atoms with Gasteiger partial charge in [-0.25, -0.2) is 17.6 Å². The number of piperazine rings is 1. The molecule has 3 atom stereocenters. The van der Waals surface area contributed by atoms with E-state index in [1.807, 2.05) is 0 Å². The number of fused-ring (bicyclic) bond motifs is 6. The predicted molar refractivity (Wildman–Crippen MR) is 197 cm³/mol. The molecule has 3 aromatic carbocycles. The Labute approximate surface area is 309 Å². The second kappa shape index (κ2) is 12.7. The van der Waals surface area contributed by atoms with Gasteiger partial charge in [-0.15, -0.1) is 6.42 Å². The van der Waals surface area contributed by atoms with Crippen LogP contribution in [0.2, 0.25) is 0 Å². The first kappa shape index (κ1) is 35.0. The van der Waals surface area contributed by atoms with Crippen LogP contribution < -0.4 is 9.64 Å². The Morgan fingerprint density at radius 1 is 1.02 bits per heavy atom. The molecule has 9 rings (SSSR count). The van der Waals surface area contributed by atoms with Crippen molar-refractivity contribution in [3.05, 3.63) is 47.7 Å². The van der Waals surface area contributed by atoms with Crippen molar-refractivity contribution in [2.24, 2.45) is 12.5 Å². The van der Waals surface area contributed by atoms with E-state index >= 15 is 8.78 Å². The number of benzene rings is 3. The predicted octanol–water partition coefficient (Wildman–Crippen LogP) is 6.10. The standard InChI is InChI=1S/C40H41F4N7O3/c1-5-27-30(41)9-6-22-14-26(52)15-28(31(22)27)32-34(42)36-33(29-18-49(4)47-35(29)32)37(46-38(45-36)54-21-39(20-48(2)3)19-40(39,43)44)51-24-7-8-25(51)17-50(16-24)23-10-12-53-13-11-23/h1,6,9,14-15,18,23-25,52H,7-8,10-13,16-17,19-21H2,2-4H3/t24?,25?,39-/m1/s1. The first-order valence-corrected chi connectivity index (χ1v) is 18.4. The van der Waals surface area contributed by atoms with Gasteiger partial charge in [-0.1, -0.05) is 12.0 Å². The Balaban J connectivity index is 1.26. The van der Waals surface area contributed by atoms with E-state index in [0.29, 0.717) is 28.0 Å². The lowest BCUT2D eigenvalue weighted by atomic mass is 9.91. The molecule has 1 saturated carbocycles. The summed E-state index contributed by atoms with van der Waals surface area (Å²) in [5, 5.41) is 17.2. The maximum absolute atomic E-state index is 17.7. The summed E-state index contributed by atoms with van der Waals surface area (Å²) in [5.74, 6) is -1.73. The van der Waals surface area contributed by atoms with Gasteiger partial charge in [0.25, 0.3) is 5.92 Å². The lowest BCUT2D eigenvalue weighted by Crippen LogP contribution is -2.57. The smallest absolute Gasteiger partial charge is 0.319 e. The van der Waals surface area contributed by atoms with Crippen molar-refractivity contribution in [1.82, 2.24) is 29.5 Å². The molecule has 1 N–H and O–H groups in total. The average molecular weight is 744 g/mol. The number of hydrogen-bond donors (Lipinski definition) is 1. The van der Waals surface area contributed by atoms with E-state index in [1.165, 1.54) is 24.3 Å². The number of alkyl halides is 2. The molecule has 10 nitrogen and oxygen atoms in total. The molecule has 0 spiro atoms. The zero-order chi connectivity index (χ0) is 37.7. The number of nitrogens with zero attached hydrogens (tertiary/aromatic N) is 7. The van der Waals surface area contributed by atoms with E-state index in [-0.39, 0.29) is 76.5 Å². The number of aryl methyl sites for hydroxylation is 1. The third-order valence-corrected chi connectivity index (χ3v) is 11.9. The maximum Gasteiger partial charge on any atom is 0.319 e. The SMILES string of the molecule is C#Cc1c(F)ccc2cc(O)cc(-c3c(F)c4nc(OC[C@]5(CN(C)C)CC5(F)F)nc(N5C6CCC5CN(C5CCOCC5)C6)c4c4cn(C)nc34)c12. The van der Waals surface area contributed by atoms with E-state index in [4.69, 9.17) is 26.0 Å². The van der Waals surface area contributed by atoms with Gasteiger partial charge in [-0.2, -0.15) is 15.1 Å². The van der Waals surface area contributed by atoms with Crippen molar-refractivity contribution >= 4 is 38.4 Å². The first-order chi connectivity index (χ1) is 25.9. The van der Waals surface area contributed by atoms with Crippen LogP contribution in [0.3, 0.4) is 0 Å². The molecule has 4 fully saturated rings. The summed E-state index contributed by atoms with van der Waals surface area (Å²) >= 11 is 0. The topological polar surface area (TPSA) is 92.0 Å². The fourth-order valence-corrected chi connectivity index (χ4v) is 9.37. The van der Waals surface area contributed by atoms with E-state index in [1.54, 1.807) is 36.9 Å². The summed E-state index contributed by atoms with van der Waals surface area (Å²) in [6, 6.07) is 5.77. The molecule has 3 aliphatic heterocycles. The second-order valence-electron chi connectivity index (χ2n) is 15.7. The Morgan fingerprint density at radius 2 is 1.74 bits per heavy atom. The molecule has 2 bridgehead atoms. The van der Waals surface area contributed by atoms with Gasteiger partial charge in [-0.05, 0) is 68.9 Å². The molecule has 4 aliphatic rings. The molecule has 2 unspecified atom stereocenters. The Morgan fingerprint density at radius 3 is 2.41 bits per heavy atom. The van der Waals surface area contributed by atoms with Gasteiger partial charge in [0.1, 0.15) is 35.0 Å². The van der Waals surface area contributed by atoms with Crippen LogP contribution in [0.5, 0.6) is 11.8 Å². The highest BCUT2D eigenvalue weighted by Gasteiger charge is 2.71. The van der Waals surface area contributed by atoms with E-state index in [9.17, 15) is 13.9 Å². The highest BCUT2D eigenvalue weighted by Crippen LogP contribution is 2.61. The summed E-state index contributed by atoms with van der Waals surface area (Å²) in [4.78, 5) is 16.0. The fourth-order valence-electron chi connectivity index (χ4n) is 9.37. The van der Waals surface area contributed by atoms with Crippen molar-refractivity contribution in [3.8, 4) is 35.2 Å². The van der Waals surface area contributed by atoms with Crippen molar-refractivity contribution in [2.45, 2.75) is 56.2 Å². The summed E-state index contributed by atoms with van der Waals surface area (Å²) in [7, 11) is 5.18. The van der Waals surface area contributed by atoms with Gasteiger partial charge < -0.3 is 24.4 Å². The number of likely N-dealkylation sites (tertiary alicyclic amines) is 1. The van der Waals surface area contributed by atoms with Crippen molar-refractivity contribution in [1.29, 1.82) is 0 Å². The minimum Gasteiger partial charge on any atom is -0.508 e. The highest BCUT2D eigenvalue weighted by molar-refractivity contribution is 6.18. The molecule has 0 amide bonds. The zero-order valence-corrected chi connectivity index (χ0v) is 30.4. The number of terminal acetylenes is 1. The molecule has 282 valence electrons. The van der Waals surface area contributed by atoms with Crippen molar-refractivity contribution in [3.63, 3.8) is 0 Å². The van der Waals surface area contributed by atoms with Crippen LogP contribution in [0.4, 0.5) is 23.4 Å². The molecule has 54 heavy (non-hydrogen) atoms. The lowest BCUT2D eigenvalue weighted by Gasteiger charge is -2.46. The van der Waals surface area contributed by atoms with Gasteiger partial charge in [0, 0.05) is 87.0 Å². The van der Waals surface area contributed by atoms with Crippen molar-refractivity contribution < 1.29 is 32.1 Å². The van der Waals surface area contributed by atoms with Crippen LogP contribution in [0.15, 0.2) is 30.5 Å². The molecule has 5 aromatic rings. The van der Waals surface area contributed by atoms with Crippen LogP contribution in [-0.4, -0.2) is 112 Å². The summed E-state index contributed by atoms with van der Waals surface area (Å²) in [6.45, 7) is 2.76. The van der Waals surface area contributed by atoms with Crippen LogP contribution in [0.1, 0.15) is 37.7 Å². The minimum atomic E-state index is -2.93. The van der Waals surface area contributed by atoms with Gasteiger partial charge in [0.2, 0.25) is 0 Å². The number of ether oxygens (including phenoxy) is 2. The largest absolute Gasteiger partial charge is 0.508 e. The zero-order valence-electron chi connectivity index (χ0n) is 30.4. The number of anilines is 1. The summed E-state index contributed by atoms with van der Waals surface area (Å²) in [5.41, 5.74) is -1.28. The van der Waals surface area contributed by atoms with E-state index in [0.717, 1.165) is 52.0 Å². The number of aromatic hydroxyl groups is 1. The monoisotopic (exact) mass is 743 g/mol. The van der Waals surface area contributed by atoms with Crippen LogP contribution in [0.25, 0.3) is 43.7 Å². The normalized spacial score (nSPS) is 24.2. The molecular formula is C40H41F4N7O3. The fraction of sp³-hybridized carbons (Fsp3) is 0.475. The van der Waals surface area contributed by atoms with Crippen molar-refractivity contribution in [2.75, 3.05) is 58.5 Å². The number of phenols is 1. The van der Waals surface area contributed by atoms with E-state index < -0.39 is 23.0 Å². The summed E-state index contributed by atoms with van der Waals surface area (Å²) < 4.78 is 76.0. The third-order valence-electron chi connectivity index (χ3n) is 11.9. The Bertz CT molecular complexity index is 2360. The van der Waals surface area contributed by atoms with Gasteiger partial charge >= 0.3 is 6.01 Å². The van der Waals surface area contributed by atoms with Crippen LogP contribution >= 0.6 is 0 Å². The minimum absolute atomic E-state index is 0.0400. The first-order valence-electron chi connectivity index (χ1n) is 18.4. The molecule has 2 aromatic heterocycles. The Hall–Kier alpha value is -4.71. The number of aromatic nitrogens is 4. The number of halogens is 4. The third kappa shape index (κ3) is 5.54. The number of hydrogen-bond acceptors (Lipinski definition) is 9. The molecule has 14 heteroatoms. The van der Waals surface area contributed by atoms with Gasteiger partial charge in [0.05, 0.1) is 16.4 Å². The molecule has 5 heterocycles.